The number of anilines is 1. The first kappa shape index (κ1) is 11.2. The SMILES string of the molecule is NC1=CC(=O)NC(S)N1c1ccccc1Cl. The second-order valence-corrected chi connectivity index (χ2v) is 4.17. The first-order chi connectivity index (χ1) is 7.59. The van der Waals surface area contributed by atoms with Gasteiger partial charge in [-0.05, 0) is 12.1 Å². The molecule has 0 fully saturated rings. The van der Waals surface area contributed by atoms with Crippen LogP contribution in [0.25, 0.3) is 0 Å². The Morgan fingerprint density at radius 3 is 2.75 bits per heavy atom. The van der Waals surface area contributed by atoms with Gasteiger partial charge in [0.25, 0.3) is 0 Å². The fourth-order valence-corrected chi connectivity index (χ4v) is 2.11. The molecule has 0 aromatic heterocycles. The van der Waals surface area contributed by atoms with E-state index in [0.29, 0.717) is 16.5 Å². The number of nitrogens with zero attached hydrogens (tertiary/aromatic N) is 1. The molecule has 1 unspecified atom stereocenters. The second kappa shape index (κ2) is 4.27. The minimum atomic E-state index is -0.516. The van der Waals surface area contributed by atoms with Crippen LogP contribution >= 0.6 is 24.2 Å². The Kier molecular flexibility index (Phi) is 2.98. The van der Waals surface area contributed by atoms with Crippen LogP contribution in [0.3, 0.4) is 0 Å². The average molecular weight is 256 g/mol. The number of hydrogen-bond acceptors (Lipinski definition) is 4. The van der Waals surface area contributed by atoms with Crippen molar-refractivity contribution in [2.75, 3.05) is 4.90 Å². The molecule has 1 aromatic carbocycles. The van der Waals surface area contributed by atoms with E-state index in [1.54, 1.807) is 11.0 Å². The monoisotopic (exact) mass is 255 g/mol. The molecule has 4 nitrogen and oxygen atoms in total. The van der Waals surface area contributed by atoms with E-state index in [4.69, 9.17) is 17.3 Å². The number of thiol groups is 1. The zero-order valence-corrected chi connectivity index (χ0v) is 9.87. The van der Waals surface area contributed by atoms with E-state index in [0.717, 1.165) is 0 Å². The van der Waals surface area contributed by atoms with Crippen LogP contribution in [-0.2, 0) is 4.79 Å². The highest BCUT2D eigenvalue weighted by molar-refractivity contribution is 7.81. The Hall–Kier alpha value is -1.33. The highest BCUT2D eigenvalue weighted by Crippen LogP contribution is 2.30. The highest BCUT2D eigenvalue weighted by atomic mass is 35.5. The molecular formula is C10H10ClN3OS. The van der Waals surface area contributed by atoms with Crippen LogP contribution < -0.4 is 16.0 Å². The highest BCUT2D eigenvalue weighted by Gasteiger charge is 2.25. The number of rotatable bonds is 1. The van der Waals surface area contributed by atoms with E-state index in [9.17, 15) is 4.79 Å². The molecule has 1 aromatic rings. The molecule has 84 valence electrons. The van der Waals surface area contributed by atoms with Gasteiger partial charge >= 0.3 is 0 Å². The summed E-state index contributed by atoms with van der Waals surface area (Å²) < 4.78 is 0. The van der Waals surface area contributed by atoms with Crippen molar-refractivity contribution in [3.05, 3.63) is 41.2 Å². The zero-order chi connectivity index (χ0) is 11.7. The summed E-state index contributed by atoms with van der Waals surface area (Å²) in [4.78, 5) is 12.8. The number of amides is 1. The van der Waals surface area contributed by atoms with Crippen LogP contribution in [0.2, 0.25) is 5.02 Å². The third kappa shape index (κ3) is 1.96. The Morgan fingerprint density at radius 2 is 2.12 bits per heavy atom. The molecule has 3 N–H and O–H groups in total. The number of halogens is 1. The van der Waals surface area contributed by atoms with Crippen LogP contribution in [0.15, 0.2) is 36.2 Å². The van der Waals surface area contributed by atoms with Crippen LogP contribution in [0.4, 0.5) is 5.69 Å². The zero-order valence-electron chi connectivity index (χ0n) is 8.22. The van der Waals surface area contributed by atoms with Gasteiger partial charge in [-0.25, -0.2) is 0 Å². The van der Waals surface area contributed by atoms with Gasteiger partial charge in [0.05, 0.1) is 10.7 Å². The summed E-state index contributed by atoms with van der Waals surface area (Å²) in [6, 6.07) is 7.22. The average Bonchev–Trinajstić information content (AvgIpc) is 2.19. The minimum absolute atomic E-state index is 0.263. The Balaban J connectivity index is 2.44. The van der Waals surface area contributed by atoms with E-state index in [2.05, 4.69) is 17.9 Å². The fourth-order valence-electron chi connectivity index (χ4n) is 1.50. The van der Waals surface area contributed by atoms with Gasteiger partial charge in [0.2, 0.25) is 5.91 Å². The molecule has 0 saturated heterocycles. The summed E-state index contributed by atoms with van der Waals surface area (Å²) in [5.41, 5.74) is 5.97. The van der Waals surface area contributed by atoms with Crippen molar-refractivity contribution in [2.24, 2.45) is 5.73 Å². The molecule has 1 amide bonds. The van der Waals surface area contributed by atoms with Crippen molar-refractivity contribution < 1.29 is 4.79 Å². The molecule has 0 saturated carbocycles. The van der Waals surface area contributed by atoms with Gasteiger partial charge < -0.3 is 11.1 Å². The quantitative estimate of drug-likeness (QED) is 0.663. The number of nitrogens with two attached hydrogens (primary N) is 1. The van der Waals surface area contributed by atoms with Gasteiger partial charge in [0, 0.05) is 6.08 Å². The summed E-state index contributed by atoms with van der Waals surface area (Å²) in [7, 11) is 0. The second-order valence-electron chi connectivity index (χ2n) is 3.27. The maximum absolute atomic E-state index is 11.2. The predicted molar refractivity (Wildman–Crippen MR) is 67.1 cm³/mol. The maximum Gasteiger partial charge on any atom is 0.249 e. The van der Waals surface area contributed by atoms with Gasteiger partial charge in [-0.1, -0.05) is 23.7 Å². The topological polar surface area (TPSA) is 58.4 Å². The lowest BCUT2D eigenvalue weighted by Crippen LogP contribution is -2.50. The molecule has 1 atom stereocenters. The third-order valence-corrected chi connectivity index (χ3v) is 2.86. The van der Waals surface area contributed by atoms with Gasteiger partial charge in [0.1, 0.15) is 5.82 Å². The van der Waals surface area contributed by atoms with E-state index < -0.39 is 5.50 Å². The lowest BCUT2D eigenvalue weighted by Gasteiger charge is -2.34. The summed E-state index contributed by atoms with van der Waals surface area (Å²) >= 11 is 10.3. The molecule has 0 bridgehead atoms. The first-order valence-corrected chi connectivity index (χ1v) is 5.48. The number of nitrogens with one attached hydrogen (secondary N) is 1. The normalized spacial score (nSPS) is 20.4. The lowest BCUT2D eigenvalue weighted by molar-refractivity contribution is -0.117. The minimum Gasteiger partial charge on any atom is -0.385 e. The van der Waals surface area contributed by atoms with Crippen molar-refractivity contribution in [1.29, 1.82) is 0 Å². The summed E-state index contributed by atoms with van der Waals surface area (Å²) in [5.74, 6) is 0.0534. The number of carbonyl (C=O) groups is 1. The van der Waals surface area contributed by atoms with E-state index in [-0.39, 0.29) is 5.91 Å². The molecule has 0 aliphatic carbocycles. The van der Waals surface area contributed by atoms with Crippen LogP contribution in [-0.4, -0.2) is 11.4 Å². The van der Waals surface area contributed by atoms with Crippen LogP contribution in [0.5, 0.6) is 0 Å². The number of benzene rings is 1. The maximum atomic E-state index is 11.2. The van der Waals surface area contributed by atoms with E-state index >= 15 is 0 Å². The largest absolute Gasteiger partial charge is 0.385 e. The molecule has 1 aliphatic rings. The van der Waals surface area contributed by atoms with Gasteiger partial charge in [-0.3, -0.25) is 9.69 Å². The smallest absolute Gasteiger partial charge is 0.249 e. The molecular weight excluding hydrogens is 246 g/mol. The van der Waals surface area contributed by atoms with Crippen molar-refractivity contribution in [1.82, 2.24) is 5.32 Å². The van der Waals surface area contributed by atoms with Gasteiger partial charge in [-0.15, -0.1) is 12.6 Å². The van der Waals surface area contributed by atoms with Gasteiger partial charge in [0.15, 0.2) is 5.50 Å². The fraction of sp³-hybridized carbons (Fsp3) is 0.100. The van der Waals surface area contributed by atoms with Crippen LogP contribution in [0, 0.1) is 0 Å². The first-order valence-electron chi connectivity index (χ1n) is 4.59. The molecule has 1 heterocycles. The molecule has 6 heteroatoms. The van der Waals surface area contributed by atoms with Crippen molar-refractivity contribution in [3.8, 4) is 0 Å². The number of carbonyl (C=O) groups excluding carboxylic acids is 1. The van der Waals surface area contributed by atoms with Gasteiger partial charge in [-0.2, -0.15) is 0 Å². The predicted octanol–water partition coefficient (Wildman–Crippen LogP) is 1.29. The number of hydrogen-bond donors (Lipinski definition) is 3. The molecule has 0 spiro atoms. The lowest BCUT2D eigenvalue weighted by atomic mass is 10.2. The van der Waals surface area contributed by atoms with Crippen molar-refractivity contribution in [2.45, 2.75) is 5.50 Å². The van der Waals surface area contributed by atoms with Crippen molar-refractivity contribution >= 4 is 35.8 Å². The van der Waals surface area contributed by atoms with Crippen LogP contribution in [0.1, 0.15) is 0 Å². The molecule has 2 rings (SSSR count). The molecule has 16 heavy (non-hydrogen) atoms. The summed E-state index contributed by atoms with van der Waals surface area (Å²) in [5, 5.41) is 3.17. The Bertz CT molecular complexity index is 463. The Morgan fingerprint density at radius 1 is 1.44 bits per heavy atom. The van der Waals surface area contributed by atoms with Crippen molar-refractivity contribution in [3.63, 3.8) is 0 Å². The standard InChI is InChI=1S/C10H10ClN3OS/c11-6-3-1-2-4-7(6)14-8(12)5-9(15)13-10(14)16/h1-5,10,16H,12H2,(H,13,15). The molecule has 1 aliphatic heterocycles. The third-order valence-electron chi connectivity index (χ3n) is 2.19. The van der Waals surface area contributed by atoms with E-state index in [1.165, 1.54) is 6.08 Å². The molecule has 0 radical (unpaired) electrons. The number of para-hydroxylation sites is 1. The summed E-state index contributed by atoms with van der Waals surface area (Å²) in [6.07, 6.45) is 1.30. The summed E-state index contributed by atoms with van der Waals surface area (Å²) in [6.45, 7) is 0. The van der Waals surface area contributed by atoms with E-state index in [1.807, 2.05) is 18.2 Å². The Labute approximate surface area is 103 Å².